The third-order valence-corrected chi connectivity index (χ3v) is 9.75. The number of aliphatic hydroxyl groups excluding tert-OH is 4. The zero-order valence-electron chi connectivity index (χ0n) is 26.9. The normalized spacial score (nSPS) is 49.4. The van der Waals surface area contributed by atoms with E-state index in [1.807, 2.05) is 32.8 Å². The van der Waals surface area contributed by atoms with E-state index in [1.165, 1.54) is 14.0 Å². The first kappa shape index (κ1) is 36.3. The lowest BCUT2D eigenvalue weighted by atomic mass is 9.73. The molecule has 2 rings (SSSR count). The molecule has 0 aliphatic carbocycles. The molecule has 242 valence electrons. The molecule has 0 aromatic rings. The molecule has 15 atom stereocenters. The van der Waals surface area contributed by atoms with Gasteiger partial charge in [0, 0.05) is 25.0 Å². The Kier molecular flexibility index (Phi) is 12.6. The van der Waals surface area contributed by atoms with Gasteiger partial charge in [0.25, 0.3) is 0 Å². The quantitative estimate of drug-likeness (QED) is 0.294. The number of hydrogen-bond donors (Lipinski definition) is 5. The summed E-state index contributed by atoms with van der Waals surface area (Å²) in [5.41, 5.74) is -2.99. The van der Waals surface area contributed by atoms with Crippen LogP contribution in [-0.4, -0.2) is 124 Å². The van der Waals surface area contributed by atoms with Crippen molar-refractivity contribution in [1.82, 2.24) is 4.90 Å². The summed E-state index contributed by atoms with van der Waals surface area (Å²) in [4.78, 5) is 15.2. The number of methoxy groups -OCH3 is 1. The van der Waals surface area contributed by atoms with E-state index in [-0.39, 0.29) is 25.0 Å². The summed E-state index contributed by atoms with van der Waals surface area (Å²) in [6.07, 6.45) is -6.92. The van der Waals surface area contributed by atoms with Crippen LogP contribution in [0.15, 0.2) is 0 Å². The molecule has 0 spiro atoms. The Morgan fingerprint density at radius 3 is 2.07 bits per heavy atom. The van der Waals surface area contributed by atoms with E-state index in [1.54, 1.807) is 34.6 Å². The zero-order chi connectivity index (χ0) is 31.6. The van der Waals surface area contributed by atoms with Gasteiger partial charge in [0.1, 0.15) is 17.8 Å². The molecule has 0 bridgehead atoms. The van der Waals surface area contributed by atoms with Gasteiger partial charge in [0.05, 0.1) is 42.0 Å². The van der Waals surface area contributed by atoms with E-state index in [0.29, 0.717) is 6.42 Å². The first-order valence-corrected chi connectivity index (χ1v) is 15.0. The Morgan fingerprint density at radius 1 is 0.976 bits per heavy atom. The highest BCUT2D eigenvalue weighted by atomic mass is 16.7. The summed E-state index contributed by atoms with van der Waals surface area (Å²) < 4.78 is 24.3. The minimum Gasteiger partial charge on any atom is -0.459 e. The number of rotatable bonds is 5. The molecule has 5 N–H and O–H groups in total. The Bertz CT molecular complexity index is 842. The minimum absolute atomic E-state index is 0.209. The predicted molar refractivity (Wildman–Crippen MR) is 153 cm³/mol. The predicted octanol–water partition coefficient (Wildman–Crippen LogP) is 1.31. The molecule has 11 heteroatoms. The van der Waals surface area contributed by atoms with Crippen molar-refractivity contribution in [2.45, 2.75) is 141 Å². The lowest BCUT2D eigenvalue weighted by Crippen LogP contribution is -2.60. The molecule has 2 aliphatic rings. The molecule has 0 radical (unpaired) electrons. The monoisotopic (exact) mass is 591 g/mol. The standard InChI is InChI=1S/C30H57NO10/c1-12-21-30(8,37)25(35)17(4)22(32)15(2)14-29(7,38-11)26(18(5)23(33)19(6)27(36)40-21)41-28-24(34)20(31(9)10)13-16(3)39-28/h15-26,28,32-35,37H,12-14H2,1-11H3/t15-,16-,17+,18+,19-,20+,21-,22+,23+,24-,25-,26-,28+,29-,30-/m1/s1. The second-order valence-electron chi connectivity index (χ2n) is 13.3. The van der Waals surface area contributed by atoms with Gasteiger partial charge in [0.15, 0.2) is 6.29 Å². The highest BCUT2D eigenvalue weighted by Crippen LogP contribution is 2.40. The topological polar surface area (TPSA) is 158 Å². The van der Waals surface area contributed by atoms with Gasteiger partial charge in [-0.2, -0.15) is 0 Å². The average molecular weight is 592 g/mol. The molecule has 0 saturated carbocycles. The second kappa shape index (κ2) is 14.3. The van der Waals surface area contributed by atoms with Crippen LogP contribution in [0.4, 0.5) is 0 Å². The van der Waals surface area contributed by atoms with E-state index in [9.17, 15) is 30.3 Å². The average Bonchev–Trinajstić information content (AvgIpc) is 2.92. The Balaban J connectivity index is 2.60. The third kappa shape index (κ3) is 7.80. The van der Waals surface area contributed by atoms with E-state index in [0.717, 1.165) is 0 Å². The van der Waals surface area contributed by atoms with E-state index >= 15 is 0 Å². The molecule has 0 aromatic heterocycles. The Labute approximate surface area is 246 Å². The molecule has 2 aliphatic heterocycles. The van der Waals surface area contributed by atoms with Crippen molar-refractivity contribution in [3.8, 4) is 0 Å². The summed E-state index contributed by atoms with van der Waals surface area (Å²) >= 11 is 0. The maximum absolute atomic E-state index is 13.3. The molecular weight excluding hydrogens is 534 g/mol. The Morgan fingerprint density at radius 2 is 1.56 bits per heavy atom. The number of likely N-dealkylation sites (N-methyl/N-ethyl adjacent to an activating group) is 1. The highest BCUT2D eigenvalue weighted by Gasteiger charge is 2.51. The highest BCUT2D eigenvalue weighted by molar-refractivity contribution is 5.73. The lowest BCUT2D eigenvalue weighted by Gasteiger charge is -2.48. The summed E-state index contributed by atoms with van der Waals surface area (Å²) in [5, 5.41) is 56.5. The van der Waals surface area contributed by atoms with Gasteiger partial charge >= 0.3 is 5.97 Å². The van der Waals surface area contributed by atoms with Crippen LogP contribution in [0, 0.1) is 23.7 Å². The van der Waals surface area contributed by atoms with Crippen LogP contribution in [0.5, 0.6) is 0 Å². The van der Waals surface area contributed by atoms with Crippen LogP contribution in [-0.2, 0) is 23.7 Å². The molecule has 2 fully saturated rings. The first-order chi connectivity index (χ1) is 18.8. The fourth-order valence-corrected chi connectivity index (χ4v) is 6.76. The summed E-state index contributed by atoms with van der Waals surface area (Å²) in [5.74, 6) is -3.72. The molecule has 2 heterocycles. The summed E-state index contributed by atoms with van der Waals surface area (Å²) in [6.45, 7) is 13.6. The van der Waals surface area contributed by atoms with Gasteiger partial charge in [-0.1, -0.05) is 27.7 Å². The summed E-state index contributed by atoms with van der Waals surface area (Å²) in [7, 11) is 5.26. The number of hydrogen-bond acceptors (Lipinski definition) is 11. The number of esters is 1. The van der Waals surface area contributed by atoms with Crippen molar-refractivity contribution in [3.05, 3.63) is 0 Å². The second-order valence-corrected chi connectivity index (χ2v) is 13.3. The number of carbonyl (C=O) groups is 1. The molecule has 0 amide bonds. The van der Waals surface area contributed by atoms with Crippen LogP contribution in [0.2, 0.25) is 0 Å². The molecule has 2 saturated heterocycles. The van der Waals surface area contributed by atoms with Gasteiger partial charge in [0.2, 0.25) is 0 Å². The number of ether oxygens (including phenoxy) is 4. The van der Waals surface area contributed by atoms with Gasteiger partial charge in [-0.3, -0.25) is 4.79 Å². The third-order valence-electron chi connectivity index (χ3n) is 9.75. The van der Waals surface area contributed by atoms with Crippen molar-refractivity contribution in [2.24, 2.45) is 23.7 Å². The lowest BCUT2D eigenvalue weighted by molar-refractivity contribution is -0.302. The molecule has 11 nitrogen and oxygen atoms in total. The van der Waals surface area contributed by atoms with Gasteiger partial charge in [-0.25, -0.2) is 0 Å². The van der Waals surface area contributed by atoms with E-state index < -0.39 is 83.8 Å². The zero-order valence-corrected chi connectivity index (χ0v) is 26.9. The van der Waals surface area contributed by atoms with Gasteiger partial charge in [-0.15, -0.1) is 0 Å². The maximum Gasteiger partial charge on any atom is 0.311 e. The number of nitrogens with zero attached hydrogens (tertiary/aromatic N) is 1. The van der Waals surface area contributed by atoms with Crippen molar-refractivity contribution in [2.75, 3.05) is 21.2 Å². The Hall–Kier alpha value is -0.890. The number of carbonyl (C=O) groups excluding carboxylic acids is 1. The number of cyclic esters (lactones) is 1. The van der Waals surface area contributed by atoms with Gasteiger partial charge < -0.3 is 49.4 Å². The number of aliphatic hydroxyl groups is 5. The summed E-state index contributed by atoms with van der Waals surface area (Å²) in [6, 6.07) is -0.230. The molecule has 0 unspecified atom stereocenters. The SMILES string of the molecule is CC[C@H]1OC(=O)[C@H](C)[C@@H](O)[C@H](C)[C@@H](O[C@@H]2O[C@H](C)C[C@H](N(C)C)[C@H]2O)[C@](C)(OC)C[C@@H](C)[C@H](O)[C@H](C)[C@@H](O)[C@]1(C)O. The fourth-order valence-electron chi connectivity index (χ4n) is 6.76. The molecule has 0 aromatic carbocycles. The van der Waals surface area contributed by atoms with Crippen LogP contribution < -0.4 is 0 Å². The van der Waals surface area contributed by atoms with Crippen LogP contribution in [0.25, 0.3) is 0 Å². The van der Waals surface area contributed by atoms with Gasteiger partial charge in [-0.05, 0) is 67.0 Å². The largest absolute Gasteiger partial charge is 0.459 e. The van der Waals surface area contributed by atoms with Crippen molar-refractivity contribution < 1.29 is 49.3 Å². The van der Waals surface area contributed by atoms with E-state index in [2.05, 4.69) is 0 Å². The van der Waals surface area contributed by atoms with Crippen LogP contribution >= 0.6 is 0 Å². The van der Waals surface area contributed by atoms with Crippen molar-refractivity contribution in [1.29, 1.82) is 0 Å². The molecule has 41 heavy (non-hydrogen) atoms. The van der Waals surface area contributed by atoms with Crippen LogP contribution in [0.1, 0.15) is 74.7 Å². The van der Waals surface area contributed by atoms with Crippen molar-refractivity contribution in [3.63, 3.8) is 0 Å². The minimum atomic E-state index is -1.85. The van der Waals surface area contributed by atoms with Crippen LogP contribution in [0.3, 0.4) is 0 Å². The van der Waals surface area contributed by atoms with E-state index in [4.69, 9.17) is 18.9 Å². The van der Waals surface area contributed by atoms with Crippen molar-refractivity contribution >= 4 is 5.97 Å². The fraction of sp³-hybridized carbons (Fsp3) is 0.967. The first-order valence-electron chi connectivity index (χ1n) is 15.0. The maximum atomic E-state index is 13.3. The smallest absolute Gasteiger partial charge is 0.311 e. The molecular formula is C30H57NO10.